The fourth-order valence-corrected chi connectivity index (χ4v) is 2.15. The summed E-state index contributed by atoms with van der Waals surface area (Å²) in [5.41, 5.74) is 8.67. The molecular formula is C16H17N3OS. The Kier molecular flexibility index (Phi) is 4.65. The summed E-state index contributed by atoms with van der Waals surface area (Å²) in [5.74, 6) is -0.112. The molecule has 0 aliphatic rings. The minimum absolute atomic E-state index is 0.112. The summed E-state index contributed by atoms with van der Waals surface area (Å²) >= 11 is 4.96. The largest absolute Gasteiger partial charge is 0.389 e. The number of hydrogen-bond acceptors (Lipinski definition) is 3. The van der Waals surface area contributed by atoms with Crippen molar-refractivity contribution in [3.63, 3.8) is 0 Å². The average molecular weight is 299 g/mol. The molecule has 0 aliphatic carbocycles. The summed E-state index contributed by atoms with van der Waals surface area (Å²) in [4.78, 5) is 18.6. The van der Waals surface area contributed by atoms with Crippen LogP contribution in [0.25, 0.3) is 0 Å². The van der Waals surface area contributed by atoms with Gasteiger partial charge in [0.2, 0.25) is 0 Å². The molecule has 0 bridgehead atoms. The molecule has 0 saturated heterocycles. The van der Waals surface area contributed by atoms with Crippen LogP contribution in [0.3, 0.4) is 0 Å². The van der Waals surface area contributed by atoms with Crippen molar-refractivity contribution in [2.75, 3.05) is 7.05 Å². The van der Waals surface area contributed by atoms with Crippen molar-refractivity contribution in [1.82, 2.24) is 9.88 Å². The Morgan fingerprint density at radius 1 is 1.29 bits per heavy atom. The molecule has 1 amide bonds. The van der Waals surface area contributed by atoms with Crippen LogP contribution >= 0.6 is 12.2 Å². The maximum Gasteiger partial charge on any atom is 0.272 e. The van der Waals surface area contributed by atoms with E-state index in [0.717, 1.165) is 16.8 Å². The normalized spacial score (nSPS) is 10.2. The molecule has 0 saturated carbocycles. The lowest BCUT2D eigenvalue weighted by molar-refractivity contribution is 0.0779. The number of aromatic nitrogens is 1. The van der Waals surface area contributed by atoms with Crippen LogP contribution in [0, 0.1) is 6.92 Å². The molecule has 1 heterocycles. The van der Waals surface area contributed by atoms with Crippen LogP contribution in [0.5, 0.6) is 0 Å². The number of hydrogen-bond donors (Lipinski definition) is 1. The van der Waals surface area contributed by atoms with E-state index in [1.54, 1.807) is 18.0 Å². The number of nitrogens with zero attached hydrogens (tertiary/aromatic N) is 2. The maximum absolute atomic E-state index is 12.3. The van der Waals surface area contributed by atoms with Crippen LogP contribution in [0.4, 0.5) is 0 Å². The highest BCUT2D eigenvalue weighted by Crippen LogP contribution is 2.10. The van der Waals surface area contributed by atoms with Crippen LogP contribution in [0.1, 0.15) is 27.3 Å². The number of thiocarbonyl (C=S) groups is 1. The average Bonchev–Trinajstić information content (AvgIpc) is 2.46. The molecule has 0 radical (unpaired) electrons. The molecule has 2 N–H and O–H groups in total. The number of pyridine rings is 1. The third kappa shape index (κ3) is 3.86. The van der Waals surface area contributed by atoms with E-state index >= 15 is 0 Å². The number of benzene rings is 1. The fourth-order valence-electron chi connectivity index (χ4n) is 2.03. The molecule has 0 aliphatic heterocycles. The Morgan fingerprint density at radius 3 is 2.67 bits per heavy atom. The first kappa shape index (κ1) is 15.1. The number of rotatable bonds is 4. The molecule has 108 valence electrons. The van der Waals surface area contributed by atoms with Crippen LogP contribution in [-0.2, 0) is 6.54 Å². The lowest BCUT2D eigenvalue weighted by Crippen LogP contribution is -2.27. The molecule has 0 atom stereocenters. The van der Waals surface area contributed by atoms with Gasteiger partial charge in [-0.05, 0) is 30.7 Å². The SMILES string of the molecule is Cc1cccc(C(=O)N(C)Cc2cccc(C(N)=S)c2)n1. The summed E-state index contributed by atoms with van der Waals surface area (Å²) in [6.07, 6.45) is 0. The van der Waals surface area contributed by atoms with Crippen molar-refractivity contribution in [3.8, 4) is 0 Å². The smallest absolute Gasteiger partial charge is 0.272 e. The number of amides is 1. The van der Waals surface area contributed by atoms with Gasteiger partial charge in [-0.1, -0.05) is 36.5 Å². The summed E-state index contributed by atoms with van der Waals surface area (Å²) < 4.78 is 0. The number of nitrogens with two attached hydrogens (primary N) is 1. The summed E-state index contributed by atoms with van der Waals surface area (Å²) in [6, 6.07) is 13.0. The predicted molar refractivity (Wildman–Crippen MR) is 87.1 cm³/mol. The monoisotopic (exact) mass is 299 g/mol. The van der Waals surface area contributed by atoms with Gasteiger partial charge in [0.05, 0.1) is 0 Å². The van der Waals surface area contributed by atoms with Gasteiger partial charge in [0.1, 0.15) is 10.7 Å². The first-order valence-electron chi connectivity index (χ1n) is 6.55. The van der Waals surface area contributed by atoms with Crippen molar-refractivity contribution in [1.29, 1.82) is 0 Å². The molecule has 0 fully saturated rings. The lowest BCUT2D eigenvalue weighted by Gasteiger charge is -2.17. The molecule has 0 unspecified atom stereocenters. The Hall–Kier alpha value is -2.27. The molecule has 0 spiro atoms. The quantitative estimate of drug-likeness (QED) is 0.880. The van der Waals surface area contributed by atoms with Crippen LogP contribution in [-0.4, -0.2) is 27.8 Å². The van der Waals surface area contributed by atoms with Gasteiger partial charge >= 0.3 is 0 Å². The fraction of sp³-hybridized carbons (Fsp3) is 0.188. The van der Waals surface area contributed by atoms with Gasteiger partial charge in [-0.15, -0.1) is 0 Å². The number of carbonyl (C=O) groups is 1. The van der Waals surface area contributed by atoms with Gasteiger partial charge in [0.25, 0.3) is 5.91 Å². The summed E-state index contributed by atoms with van der Waals surface area (Å²) in [7, 11) is 1.75. The zero-order valence-electron chi connectivity index (χ0n) is 12.0. The minimum atomic E-state index is -0.112. The van der Waals surface area contributed by atoms with E-state index < -0.39 is 0 Å². The van der Waals surface area contributed by atoms with Gasteiger partial charge in [-0.3, -0.25) is 4.79 Å². The lowest BCUT2D eigenvalue weighted by atomic mass is 10.1. The van der Waals surface area contributed by atoms with Crippen molar-refractivity contribution < 1.29 is 4.79 Å². The van der Waals surface area contributed by atoms with Gasteiger partial charge in [0.15, 0.2) is 0 Å². The molecule has 21 heavy (non-hydrogen) atoms. The van der Waals surface area contributed by atoms with Crippen molar-refractivity contribution in [2.45, 2.75) is 13.5 Å². The van der Waals surface area contributed by atoms with Crippen molar-refractivity contribution >= 4 is 23.1 Å². The summed E-state index contributed by atoms with van der Waals surface area (Å²) in [6.45, 7) is 2.34. The third-order valence-corrected chi connectivity index (χ3v) is 3.32. The van der Waals surface area contributed by atoms with E-state index in [1.807, 2.05) is 43.3 Å². The Balaban J connectivity index is 2.14. The van der Waals surface area contributed by atoms with Gasteiger partial charge in [0, 0.05) is 24.8 Å². The van der Waals surface area contributed by atoms with E-state index in [9.17, 15) is 4.79 Å². The van der Waals surface area contributed by atoms with Crippen LogP contribution in [0.2, 0.25) is 0 Å². The second kappa shape index (κ2) is 6.45. The predicted octanol–water partition coefficient (Wildman–Crippen LogP) is 2.30. The van der Waals surface area contributed by atoms with Gasteiger partial charge < -0.3 is 10.6 Å². The molecule has 2 aromatic rings. The molecule has 2 rings (SSSR count). The zero-order valence-corrected chi connectivity index (χ0v) is 12.9. The van der Waals surface area contributed by atoms with Gasteiger partial charge in [-0.25, -0.2) is 4.98 Å². The van der Waals surface area contributed by atoms with Gasteiger partial charge in [-0.2, -0.15) is 0 Å². The topological polar surface area (TPSA) is 59.2 Å². The Labute approximate surface area is 129 Å². The highest BCUT2D eigenvalue weighted by molar-refractivity contribution is 7.80. The van der Waals surface area contributed by atoms with Crippen LogP contribution in [0.15, 0.2) is 42.5 Å². The Bertz CT molecular complexity index is 685. The second-order valence-electron chi connectivity index (χ2n) is 4.89. The zero-order chi connectivity index (χ0) is 15.4. The minimum Gasteiger partial charge on any atom is -0.389 e. The maximum atomic E-state index is 12.3. The Morgan fingerprint density at radius 2 is 2.00 bits per heavy atom. The van der Waals surface area contributed by atoms with E-state index in [0.29, 0.717) is 17.2 Å². The van der Waals surface area contributed by atoms with E-state index in [2.05, 4.69) is 4.98 Å². The second-order valence-corrected chi connectivity index (χ2v) is 5.33. The van der Waals surface area contributed by atoms with E-state index in [4.69, 9.17) is 18.0 Å². The molecule has 4 nitrogen and oxygen atoms in total. The van der Waals surface area contributed by atoms with Crippen molar-refractivity contribution in [2.24, 2.45) is 5.73 Å². The number of aryl methyl sites for hydroxylation is 1. The summed E-state index contributed by atoms with van der Waals surface area (Å²) in [5, 5.41) is 0. The highest BCUT2D eigenvalue weighted by Gasteiger charge is 2.13. The third-order valence-electron chi connectivity index (χ3n) is 3.09. The molecule has 1 aromatic heterocycles. The standard InChI is InChI=1S/C16H17N3OS/c1-11-5-3-8-14(18-11)16(20)19(2)10-12-6-4-7-13(9-12)15(17)21/h3-9H,10H2,1-2H3,(H2,17,21). The highest BCUT2D eigenvalue weighted by atomic mass is 32.1. The van der Waals surface area contributed by atoms with E-state index in [-0.39, 0.29) is 5.91 Å². The molecule has 5 heteroatoms. The first-order valence-corrected chi connectivity index (χ1v) is 6.96. The first-order chi connectivity index (χ1) is 9.97. The molecular weight excluding hydrogens is 282 g/mol. The number of carbonyl (C=O) groups excluding carboxylic acids is 1. The van der Waals surface area contributed by atoms with E-state index in [1.165, 1.54) is 0 Å². The molecule has 1 aromatic carbocycles. The van der Waals surface area contributed by atoms with Crippen LogP contribution < -0.4 is 5.73 Å². The van der Waals surface area contributed by atoms with Crippen molar-refractivity contribution in [3.05, 3.63) is 65.0 Å².